The van der Waals surface area contributed by atoms with E-state index in [-0.39, 0.29) is 11.8 Å². The van der Waals surface area contributed by atoms with Crippen LogP contribution >= 0.6 is 0 Å². The van der Waals surface area contributed by atoms with Crippen molar-refractivity contribution in [2.75, 3.05) is 11.4 Å². The van der Waals surface area contributed by atoms with Crippen molar-refractivity contribution in [1.29, 1.82) is 0 Å². The van der Waals surface area contributed by atoms with Gasteiger partial charge in [-0.3, -0.25) is 4.79 Å². The molecule has 1 aliphatic heterocycles. The third-order valence-corrected chi connectivity index (χ3v) is 3.01. The first-order chi connectivity index (χ1) is 7.68. The molecular weight excluding hydrogens is 202 g/mol. The van der Waals surface area contributed by atoms with E-state index in [0.29, 0.717) is 5.95 Å². The third-order valence-electron chi connectivity index (χ3n) is 3.01. The normalized spacial score (nSPS) is 20.9. The lowest BCUT2D eigenvalue weighted by Crippen LogP contribution is -2.44. The molecule has 0 saturated carbocycles. The third kappa shape index (κ3) is 2.21. The maximum absolute atomic E-state index is 11.6. The zero-order valence-electron chi connectivity index (χ0n) is 9.81. The molecule has 0 bridgehead atoms. The van der Waals surface area contributed by atoms with E-state index >= 15 is 0 Å². The summed E-state index contributed by atoms with van der Waals surface area (Å²) >= 11 is 0. The van der Waals surface area contributed by atoms with Crippen molar-refractivity contribution in [3.8, 4) is 0 Å². The summed E-state index contributed by atoms with van der Waals surface area (Å²) in [7, 11) is 0. The Bertz CT molecular complexity index is 392. The average Bonchev–Trinajstić information content (AvgIpc) is 2.29. The summed E-state index contributed by atoms with van der Waals surface area (Å²) in [5.74, 6) is 0.907. The fourth-order valence-electron chi connectivity index (χ4n) is 2.17. The number of piperidine rings is 1. The standard InChI is InChI=1S/C12H17N3O/c1-9-6-7-13-12(14-9)15-8-4-3-5-11(15)10(2)16/h6-7,11H,3-5,8H2,1-2H3. The van der Waals surface area contributed by atoms with Gasteiger partial charge in [-0.2, -0.15) is 0 Å². The van der Waals surface area contributed by atoms with Crippen LogP contribution in [0.2, 0.25) is 0 Å². The van der Waals surface area contributed by atoms with Crippen LogP contribution in [0.25, 0.3) is 0 Å². The lowest BCUT2D eigenvalue weighted by molar-refractivity contribution is -0.118. The van der Waals surface area contributed by atoms with Gasteiger partial charge in [-0.1, -0.05) is 0 Å². The van der Waals surface area contributed by atoms with Crippen LogP contribution in [-0.2, 0) is 4.79 Å². The molecule has 1 aromatic heterocycles. The van der Waals surface area contributed by atoms with E-state index in [1.54, 1.807) is 13.1 Å². The number of hydrogen-bond donors (Lipinski definition) is 0. The predicted octanol–water partition coefficient (Wildman–Crippen LogP) is 1.73. The van der Waals surface area contributed by atoms with E-state index in [0.717, 1.165) is 31.5 Å². The molecule has 86 valence electrons. The van der Waals surface area contributed by atoms with E-state index in [2.05, 4.69) is 9.97 Å². The summed E-state index contributed by atoms with van der Waals surface area (Å²) in [5.41, 5.74) is 0.942. The number of aromatic nitrogens is 2. The average molecular weight is 219 g/mol. The molecule has 4 nitrogen and oxygen atoms in total. The van der Waals surface area contributed by atoms with Crippen LogP contribution in [0.4, 0.5) is 5.95 Å². The van der Waals surface area contributed by atoms with Crippen LogP contribution in [0.3, 0.4) is 0 Å². The number of carbonyl (C=O) groups excluding carboxylic acids is 1. The minimum Gasteiger partial charge on any atom is -0.331 e. The molecule has 1 atom stereocenters. The number of anilines is 1. The molecule has 1 fully saturated rings. The van der Waals surface area contributed by atoms with Crippen molar-refractivity contribution in [2.24, 2.45) is 0 Å². The Morgan fingerprint density at radius 3 is 3.00 bits per heavy atom. The monoisotopic (exact) mass is 219 g/mol. The summed E-state index contributed by atoms with van der Waals surface area (Å²) in [6.45, 7) is 4.48. The molecule has 1 aliphatic rings. The molecule has 0 radical (unpaired) electrons. The molecule has 0 spiro atoms. The molecule has 0 N–H and O–H groups in total. The lowest BCUT2D eigenvalue weighted by Gasteiger charge is -2.34. The number of rotatable bonds is 2. The predicted molar refractivity (Wildman–Crippen MR) is 62.4 cm³/mol. The highest BCUT2D eigenvalue weighted by atomic mass is 16.1. The molecule has 1 saturated heterocycles. The Morgan fingerprint density at radius 2 is 2.31 bits per heavy atom. The summed E-state index contributed by atoms with van der Waals surface area (Å²) in [5, 5.41) is 0. The molecule has 2 rings (SSSR count). The van der Waals surface area contributed by atoms with Gasteiger partial charge in [0.25, 0.3) is 0 Å². The van der Waals surface area contributed by atoms with Gasteiger partial charge in [0.2, 0.25) is 5.95 Å². The van der Waals surface area contributed by atoms with E-state index < -0.39 is 0 Å². The summed E-state index contributed by atoms with van der Waals surface area (Å²) in [4.78, 5) is 22.3. The van der Waals surface area contributed by atoms with Gasteiger partial charge < -0.3 is 4.90 Å². The minimum atomic E-state index is -0.0319. The second kappa shape index (κ2) is 4.60. The SMILES string of the molecule is CC(=O)C1CCCCN1c1nccc(C)n1. The van der Waals surface area contributed by atoms with Crippen molar-refractivity contribution in [1.82, 2.24) is 9.97 Å². The van der Waals surface area contributed by atoms with Crippen LogP contribution in [0.5, 0.6) is 0 Å². The summed E-state index contributed by atoms with van der Waals surface area (Å²) in [6.07, 6.45) is 4.91. The molecule has 0 aromatic carbocycles. The van der Waals surface area contributed by atoms with Gasteiger partial charge >= 0.3 is 0 Å². The molecule has 16 heavy (non-hydrogen) atoms. The molecule has 4 heteroatoms. The molecular formula is C12H17N3O. The van der Waals surface area contributed by atoms with Crippen molar-refractivity contribution < 1.29 is 4.79 Å². The van der Waals surface area contributed by atoms with Gasteiger partial charge in [0, 0.05) is 18.4 Å². The quantitative estimate of drug-likeness (QED) is 0.760. The van der Waals surface area contributed by atoms with Crippen LogP contribution in [0.1, 0.15) is 31.9 Å². The molecule has 1 unspecified atom stereocenters. The smallest absolute Gasteiger partial charge is 0.226 e. The number of aryl methyl sites for hydroxylation is 1. The van der Waals surface area contributed by atoms with Crippen LogP contribution < -0.4 is 4.90 Å². The lowest BCUT2D eigenvalue weighted by atomic mass is 10.00. The minimum absolute atomic E-state index is 0.0319. The zero-order chi connectivity index (χ0) is 11.5. The largest absolute Gasteiger partial charge is 0.331 e. The molecule has 0 aliphatic carbocycles. The Hall–Kier alpha value is -1.45. The van der Waals surface area contributed by atoms with Gasteiger partial charge in [0.15, 0.2) is 5.78 Å². The second-order valence-corrected chi connectivity index (χ2v) is 4.31. The molecule has 1 aromatic rings. The topological polar surface area (TPSA) is 46.1 Å². The fraction of sp³-hybridized carbons (Fsp3) is 0.583. The Kier molecular flexibility index (Phi) is 3.17. The number of ketones is 1. The highest BCUT2D eigenvalue weighted by molar-refractivity contribution is 5.84. The van der Waals surface area contributed by atoms with Gasteiger partial charge in [-0.05, 0) is 39.2 Å². The van der Waals surface area contributed by atoms with E-state index in [9.17, 15) is 4.79 Å². The Balaban J connectivity index is 2.26. The number of carbonyl (C=O) groups is 1. The zero-order valence-corrected chi connectivity index (χ0v) is 9.81. The van der Waals surface area contributed by atoms with Crippen molar-refractivity contribution >= 4 is 11.7 Å². The van der Waals surface area contributed by atoms with Crippen molar-refractivity contribution in [2.45, 2.75) is 39.2 Å². The Labute approximate surface area is 95.7 Å². The van der Waals surface area contributed by atoms with E-state index in [1.165, 1.54) is 0 Å². The highest BCUT2D eigenvalue weighted by Crippen LogP contribution is 2.22. The van der Waals surface area contributed by atoms with Crippen LogP contribution in [0, 0.1) is 6.92 Å². The van der Waals surface area contributed by atoms with E-state index in [4.69, 9.17) is 0 Å². The Morgan fingerprint density at radius 1 is 1.50 bits per heavy atom. The second-order valence-electron chi connectivity index (χ2n) is 4.31. The number of nitrogens with zero attached hydrogens (tertiary/aromatic N) is 3. The molecule has 0 amide bonds. The fourth-order valence-corrected chi connectivity index (χ4v) is 2.17. The van der Waals surface area contributed by atoms with Gasteiger partial charge in [-0.15, -0.1) is 0 Å². The van der Waals surface area contributed by atoms with Crippen LogP contribution in [-0.4, -0.2) is 28.3 Å². The number of hydrogen-bond acceptors (Lipinski definition) is 4. The van der Waals surface area contributed by atoms with Gasteiger partial charge in [0.1, 0.15) is 0 Å². The van der Waals surface area contributed by atoms with Crippen molar-refractivity contribution in [3.05, 3.63) is 18.0 Å². The van der Waals surface area contributed by atoms with Gasteiger partial charge in [-0.25, -0.2) is 9.97 Å². The molecule has 2 heterocycles. The summed E-state index contributed by atoms with van der Waals surface area (Å²) < 4.78 is 0. The van der Waals surface area contributed by atoms with Crippen molar-refractivity contribution in [3.63, 3.8) is 0 Å². The van der Waals surface area contributed by atoms with Gasteiger partial charge in [0.05, 0.1) is 6.04 Å². The first kappa shape index (κ1) is 11.0. The highest BCUT2D eigenvalue weighted by Gasteiger charge is 2.27. The first-order valence-corrected chi connectivity index (χ1v) is 5.75. The maximum Gasteiger partial charge on any atom is 0.226 e. The number of Topliss-reactive ketones (excluding diaryl/α,β-unsaturated/α-hetero) is 1. The maximum atomic E-state index is 11.6. The summed E-state index contributed by atoms with van der Waals surface area (Å²) in [6, 6.07) is 1.84. The van der Waals surface area contributed by atoms with E-state index in [1.807, 2.05) is 17.9 Å². The first-order valence-electron chi connectivity index (χ1n) is 5.75. The van der Waals surface area contributed by atoms with Crippen LogP contribution in [0.15, 0.2) is 12.3 Å².